The summed E-state index contributed by atoms with van der Waals surface area (Å²) in [6.45, 7) is 2.56. The zero-order valence-electron chi connectivity index (χ0n) is 8.62. The summed E-state index contributed by atoms with van der Waals surface area (Å²) >= 11 is 1.55. The molecule has 0 unspecified atom stereocenters. The normalized spacial score (nSPS) is 15.3. The van der Waals surface area contributed by atoms with E-state index in [1.54, 1.807) is 11.8 Å². The van der Waals surface area contributed by atoms with Crippen LogP contribution in [0.2, 0.25) is 0 Å². The van der Waals surface area contributed by atoms with Gasteiger partial charge >= 0.3 is 0 Å². The zero-order chi connectivity index (χ0) is 10.7. The topological polar surface area (TPSA) is 70.7 Å². The van der Waals surface area contributed by atoms with Crippen LogP contribution in [-0.4, -0.2) is 33.4 Å². The molecular formula is C9H14N4OS. The lowest BCUT2D eigenvalue weighted by Gasteiger charge is -2.01. The molecule has 1 amide bonds. The standard InChI is InChI=1S/C9H14N4OS/c1-6-11-9(13-12-6)15-5-4-10-8(14)7-2-3-7/h7H,2-5H2,1H3,(H,10,14)(H,11,12,13). The van der Waals surface area contributed by atoms with Crippen LogP contribution in [0.15, 0.2) is 5.16 Å². The molecule has 1 heterocycles. The minimum absolute atomic E-state index is 0.196. The summed E-state index contributed by atoms with van der Waals surface area (Å²) < 4.78 is 0. The first kappa shape index (κ1) is 10.5. The van der Waals surface area contributed by atoms with Gasteiger partial charge in [-0.2, -0.15) is 0 Å². The van der Waals surface area contributed by atoms with Crippen molar-refractivity contribution in [1.82, 2.24) is 20.5 Å². The number of nitrogens with one attached hydrogen (secondary N) is 2. The van der Waals surface area contributed by atoms with Crippen LogP contribution < -0.4 is 5.32 Å². The number of aryl methyl sites for hydroxylation is 1. The Balaban J connectivity index is 1.60. The van der Waals surface area contributed by atoms with Crippen molar-refractivity contribution in [1.29, 1.82) is 0 Å². The SMILES string of the molecule is Cc1nc(SCCNC(=O)C2CC2)n[nH]1. The zero-order valence-corrected chi connectivity index (χ0v) is 9.43. The van der Waals surface area contributed by atoms with Crippen LogP contribution >= 0.6 is 11.8 Å². The summed E-state index contributed by atoms with van der Waals surface area (Å²) in [6, 6.07) is 0. The van der Waals surface area contributed by atoms with E-state index in [9.17, 15) is 4.79 Å². The van der Waals surface area contributed by atoms with Gasteiger partial charge in [-0.25, -0.2) is 4.98 Å². The highest BCUT2D eigenvalue weighted by atomic mass is 32.2. The summed E-state index contributed by atoms with van der Waals surface area (Å²) in [5, 5.41) is 10.4. The summed E-state index contributed by atoms with van der Waals surface area (Å²) in [5.74, 6) is 2.12. The molecule has 0 atom stereocenters. The van der Waals surface area contributed by atoms with Gasteiger partial charge in [0.15, 0.2) is 0 Å². The van der Waals surface area contributed by atoms with E-state index in [0.717, 1.165) is 29.6 Å². The van der Waals surface area contributed by atoms with Crippen molar-refractivity contribution in [3.63, 3.8) is 0 Å². The molecular weight excluding hydrogens is 212 g/mol. The van der Waals surface area contributed by atoms with E-state index in [-0.39, 0.29) is 5.91 Å². The highest BCUT2D eigenvalue weighted by Gasteiger charge is 2.28. The lowest BCUT2D eigenvalue weighted by atomic mass is 10.4. The van der Waals surface area contributed by atoms with Crippen molar-refractivity contribution < 1.29 is 4.79 Å². The Bertz CT molecular complexity index is 348. The van der Waals surface area contributed by atoms with Crippen LogP contribution in [0.5, 0.6) is 0 Å². The second-order valence-electron chi connectivity index (χ2n) is 3.62. The molecule has 1 fully saturated rings. The monoisotopic (exact) mass is 226 g/mol. The molecule has 0 bridgehead atoms. The highest BCUT2D eigenvalue weighted by Crippen LogP contribution is 2.28. The molecule has 5 nitrogen and oxygen atoms in total. The maximum atomic E-state index is 11.3. The van der Waals surface area contributed by atoms with Crippen LogP contribution in [-0.2, 0) is 4.79 Å². The number of carbonyl (C=O) groups excluding carboxylic acids is 1. The summed E-state index contributed by atoms with van der Waals surface area (Å²) in [7, 11) is 0. The average Bonchev–Trinajstić information content (AvgIpc) is 2.98. The van der Waals surface area contributed by atoms with Crippen molar-refractivity contribution >= 4 is 17.7 Å². The molecule has 1 aromatic heterocycles. The van der Waals surface area contributed by atoms with Gasteiger partial charge in [-0.1, -0.05) is 11.8 Å². The Morgan fingerprint density at radius 1 is 1.67 bits per heavy atom. The number of thioether (sulfide) groups is 1. The molecule has 15 heavy (non-hydrogen) atoms. The minimum atomic E-state index is 0.196. The smallest absolute Gasteiger partial charge is 0.223 e. The van der Waals surface area contributed by atoms with Crippen molar-refractivity contribution in [2.75, 3.05) is 12.3 Å². The van der Waals surface area contributed by atoms with Crippen LogP contribution in [0.3, 0.4) is 0 Å². The van der Waals surface area contributed by atoms with Gasteiger partial charge in [-0.15, -0.1) is 5.10 Å². The Morgan fingerprint density at radius 2 is 2.47 bits per heavy atom. The van der Waals surface area contributed by atoms with E-state index < -0.39 is 0 Å². The van der Waals surface area contributed by atoms with E-state index in [1.165, 1.54) is 0 Å². The number of hydrogen-bond acceptors (Lipinski definition) is 4. The summed E-state index contributed by atoms with van der Waals surface area (Å²) in [4.78, 5) is 15.4. The van der Waals surface area contributed by atoms with Gasteiger partial charge in [0, 0.05) is 18.2 Å². The van der Waals surface area contributed by atoms with Gasteiger partial charge in [0.25, 0.3) is 0 Å². The van der Waals surface area contributed by atoms with Crippen molar-refractivity contribution in [3.8, 4) is 0 Å². The second-order valence-corrected chi connectivity index (χ2v) is 4.68. The Morgan fingerprint density at radius 3 is 3.07 bits per heavy atom. The third kappa shape index (κ3) is 3.23. The van der Waals surface area contributed by atoms with E-state index in [2.05, 4.69) is 20.5 Å². The predicted octanol–water partition coefficient (Wildman–Crippen LogP) is 0.731. The molecule has 1 aromatic rings. The van der Waals surface area contributed by atoms with E-state index in [1.807, 2.05) is 6.92 Å². The van der Waals surface area contributed by atoms with E-state index in [0.29, 0.717) is 12.5 Å². The van der Waals surface area contributed by atoms with Gasteiger partial charge in [0.1, 0.15) is 5.82 Å². The van der Waals surface area contributed by atoms with E-state index >= 15 is 0 Å². The molecule has 0 aromatic carbocycles. The lowest BCUT2D eigenvalue weighted by molar-refractivity contribution is -0.122. The molecule has 1 saturated carbocycles. The number of rotatable bonds is 5. The fraction of sp³-hybridized carbons (Fsp3) is 0.667. The first-order chi connectivity index (χ1) is 7.25. The first-order valence-corrected chi connectivity index (χ1v) is 6.04. The highest BCUT2D eigenvalue weighted by molar-refractivity contribution is 7.99. The van der Waals surface area contributed by atoms with Gasteiger partial charge < -0.3 is 5.32 Å². The van der Waals surface area contributed by atoms with Crippen LogP contribution in [0.1, 0.15) is 18.7 Å². The van der Waals surface area contributed by atoms with Crippen molar-refractivity contribution in [3.05, 3.63) is 5.82 Å². The quantitative estimate of drug-likeness (QED) is 0.573. The number of hydrogen-bond donors (Lipinski definition) is 2. The third-order valence-electron chi connectivity index (χ3n) is 2.16. The van der Waals surface area contributed by atoms with Crippen molar-refractivity contribution in [2.45, 2.75) is 24.9 Å². The molecule has 6 heteroatoms. The predicted molar refractivity (Wildman–Crippen MR) is 57.6 cm³/mol. The van der Waals surface area contributed by atoms with Gasteiger partial charge in [0.05, 0.1) is 0 Å². The fourth-order valence-electron chi connectivity index (χ4n) is 1.19. The number of nitrogens with zero attached hydrogens (tertiary/aromatic N) is 2. The average molecular weight is 226 g/mol. The number of aromatic amines is 1. The van der Waals surface area contributed by atoms with Crippen LogP contribution in [0.4, 0.5) is 0 Å². The second kappa shape index (κ2) is 4.65. The molecule has 0 aliphatic heterocycles. The number of carbonyl (C=O) groups is 1. The molecule has 1 aliphatic carbocycles. The molecule has 0 spiro atoms. The number of aromatic nitrogens is 3. The van der Waals surface area contributed by atoms with Crippen LogP contribution in [0.25, 0.3) is 0 Å². The number of H-pyrrole nitrogens is 1. The Hall–Kier alpha value is -1.04. The van der Waals surface area contributed by atoms with Crippen molar-refractivity contribution in [2.24, 2.45) is 5.92 Å². The fourth-order valence-corrected chi connectivity index (χ4v) is 1.89. The maximum Gasteiger partial charge on any atom is 0.223 e. The lowest BCUT2D eigenvalue weighted by Crippen LogP contribution is -2.26. The van der Waals surface area contributed by atoms with Gasteiger partial charge in [-0.05, 0) is 19.8 Å². The molecule has 2 N–H and O–H groups in total. The Labute approximate surface area is 92.4 Å². The number of amides is 1. The molecule has 0 radical (unpaired) electrons. The maximum absolute atomic E-state index is 11.3. The third-order valence-corrected chi connectivity index (χ3v) is 3.01. The molecule has 1 aliphatic rings. The van der Waals surface area contributed by atoms with Gasteiger partial charge in [-0.3, -0.25) is 9.89 Å². The Kier molecular flexibility index (Phi) is 3.25. The summed E-state index contributed by atoms with van der Waals surface area (Å²) in [6.07, 6.45) is 2.11. The largest absolute Gasteiger partial charge is 0.355 e. The molecule has 0 saturated heterocycles. The first-order valence-electron chi connectivity index (χ1n) is 5.05. The molecule has 82 valence electrons. The minimum Gasteiger partial charge on any atom is -0.355 e. The van der Waals surface area contributed by atoms with Crippen LogP contribution in [0, 0.1) is 12.8 Å². The van der Waals surface area contributed by atoms with Gasteiger partial charge in [0.2, 0.25) is 11.1 Å². The molecule has 2 rings (SSSR count). The summed E-state index contributed by atoms with van der Waals surface area (Å²) in [5.41, 5.74) is 0. The van der Waals surface area contributed by atoms with E-state index in [4.69, 9.17) is 0 Å².